The van der Waals surface area contributed by atoms with E-state index in [9.17, 15) is 13.5 Å². The van der Waals surface area contributed by atoms with E-state index < -0.39 is 10.0 Å². The Morgan fingerprint density at radius 3 is 2.52 bits per heavy atom. The van der Waals surface area contributed by atoms with Gasteiger partial charge in [0.25, 0.3) is 10.0 Å². The summed E-state index contributed by atoms with van der Waals surface area (Å²) in [5.74, 6) is -0.0117. The van der Waals surface area contributed by atoms with Crippen molar-refractivity contribution in [2.75, 3.05) is 5.23 Å². The highest BCUT2D eigenvalue weighted by molar-refractivity contribution is 7.90. The predicted octanol–water partition coefficient (Wildman–Crippen LogP) is 2.28. The highest BCUT2D eigenvalue weighted by Gasteiger charge is 2.23. The first-order valence-corrected chi connectivity index (χ1v) is 8.83. The van der Waals surface area contributed by atoms with E-state index in [1.165, 1.54) is 36.5 Å². The number of nitrogens with zero attached hydrogens (tertiary/aromatic N) is 2. The Hall–Kier alpha value is -2.30. The van der Waals surface area contributed by atoms with Crippen molar-refractivity contribution in [3.05, 3.63) is 53.2 Å². The second-order valence-corrected chi connectivity index (χ2v) is 7.49. The molecule has 0 bridgehead atoms. The van der Waals surface area contributed by atoms with Gasteiger partial charge in [-0.25, -0.2) is 12.4 Å². The second-order valence-electron chi connectivity index (χ2n) is 5.26. The first-order valence-electron chi connectivity index (χ1n) is 7.01. The largest absolute Gasteiger partial charge is 0.508 e. The molecule has 8 nitrogen and oxygen atoms in total. The van der Waals surface area contributed by atoms with Crippen molar-refractivity contribution >= 4 is 38.2 Å². The van der Waals surface area contributed by atoms with Crippen molar-refractivity contribution in [3.63, 3.8) is 0 Å². The van der Waals surface area contributed by atoms with Crippen molar-refractivity contribution in [1.29, 1.82) is 0 Å². The van der Waals surface area contributed by atoms with Crippen LogP contribution in [0.5, 0.6) is 5.75 Å². The summed E-state index contributed by atoms with van der Waals surface area (Å²) in [5.41, 5.74) is 6.25. The molecule has 0 atom stereocenters. The summed E-state index contributed by atoms with van der Waals surface area (Å²) in [6.45, 7) is 0.0788. The lowest BCUT2D eigenvalue weighted by Gasteiger charge is -2.13. The molecule has 0 aliphatic heterocycles. The minimum Gasteiger partial charge on any atom is -0.508 e. The molecule has 0 unspecified atom stereocenters. The normalized spacial score (nSPS) is 11.8. The van der Waals surface area contributed by atoms with Crippen LogP contribution >= 0.6 is 11.6 Å². The van der Waals surface area contributed by atoms with Gasteiger partial charge in [0, 0.05) is 18.1 Å². The quantitative estimate of drug-likeness (QED) is 0.508. The van der Waals surface area contributed by atoms with E-state index in [0.29, 0.717) is 16.5 Å². The third kappa shape index (κ3) is 2.92. The zero-order valence-corrected chi connectivity index (χ0v) is 14.2. The highest BCUT2D eigenvalue weighted by atomic mass is 35.5. The third-order valence-corrected chi connectivity index (χ3v) is 5.74. The number of phenolic OH excluding ortho intramolecular Hbond substituents is 1. The van der Waals surface area contributed by atoms with Crippen molar-refractivity contribution in [2.45, 2.75) is 11.4 Å². The van der Waals surface area contributed by atoms with Gasteiger partial charge < -0.3 is 10.8 Å². The highest BCUT2D eigenvalue weighted by Crippen LogP contribution is 2.31. The number of nitrogens with two attached hydrogens (primary N) is 1. The van der Waals surface area contributed by atoms with Crippen molar-refractivity contribution in [3.8, 4) is 5.75 Å². The average molecular weight is 384 g/mol. The molecule has 2 aromatic carbocycles. The average Bonchev–Trinajstić information content (AvgIpc) is 2.93. The summed E-state index contributed by atoms with van der Waals surface area (Å²) >= 11 is 5.82. The molecular weight excluding hydrogens is 370 g/mol. The summed E-state index contributed by atoms with van der Waals surface area (Å²) in [5, 5.41) is 28.2. The SMILES string of the molecule is NCc1cn(S(=O)(=O)c2ccc(Cl)c(N(O)O)c2)c2ccc(O)cc12. The van der Waals surface area contributed by atoms with E-state index in [4.69, 9.17) is 27.7 Å². The van der Waals surface area contributed by atoms with Crippen LogP contribution in [0.1, 0.15) is 5.56 Å². The second kappa shape index (κ2) is 6.21. The van der Waals surface area contributed by atoms with Crippen molar-refractivity contribution in [1.82, 2.24) is 3.97 Å². The van der Waals surface area contributed by atoms with Gasteiger partial charge in [-0.05, 0) is 42.0 Å². The molecule has 0 spiro atoms. The third-order valence-electron chi connectivity index (χ3n) is 3.75. The van der Waals surface area contributed by atoms with E-state index in [0.717, 1.165) is 10.0 Å². The molecule has 0 aliphatic rings. The zero-order chi connectivity index (χ0) is 18.4. The van der Waals surface area contributed by atoms with Crippen LogP contribution in [-0.2, 0) is 16.6 Å². The molecule has 3 rings (SSSR count). The fourth-order valence-electron chi connectivity index (χ4n) is 2.54. The maximum Gasteiger partial charge on any atom is 0.268 e. The van der Waals surface area contributed by atoms with E-state index in [2.05, 4.69) is 0 Å². The summed E-state index contributed by atoms with van der Waals surface area (Å²) < 4.78 is 27.0. The minimum atomic E-state index is -4.07. The molecule has 10 heteroatoms. The van der Waals surface area contributed by atoms with Gasteiger partial charge in [0.2, 0.25) is 0 Å². The monoisotopic (exact) mass is 383 g/mol. The van der Waals surface area contributed by atoms with E-state index in [-0.39, 0.29) is 33.1 Å². The molecule has 5 N–H and O–H groups in total. The lowest BCUT2D eigenvalue weighted by Crippen LogP contribution is -2.15. The van der Waals surface area contributed by atoms with Gasteiger partial charge in [-0.15, -0.1) is 5.23 Å². The number of aromatic nitrogens is 1. The Morgan fingerprint density at radius 2 is 1.88 bits per heavy atom. The number of hydrogen-bond acceptors (Lipinski definition) is 7. The smallest absolute Gasteiger partial charge is 0.268 e. The number of anilines is 1. The van der Waals surface area contributed by atoms with Gasteiger partial charge >= 0.3 is 0 Å². The molecule has 0 saturated heterocycles. The van der Waals surface area contributed by atoms with Crippen LogP contribution in [0.3, 0.4) is 0 Å². The lowest BCUT2D eigenvalue weighted by molar-refractivity contribution is 0.0291. The van der Waals surface area contributed by atoms with Crippen LogP contribution in [0.4, 0.5) is 5.69 Å². The van der Waals surface area contributed by atoms with Gasteiger partial charge in [0.05, 0.1) is 15.4 Å². The van der Waals surface area contributed by atoms with Gasteiger partial charge in [-0.2, -0.15) is 0 Å². The number of rotatable bonds is 4. The van der Waals surface area contributed by atoms with E-state index >= 15 is 0 Å². The predicted molar refractivity (Wildman–Crippen MR) is 91.6 cm³/mol. The summed E-state index contributed by atoms with van der Waals surface area (Å²) in [4.78, 5) is -0.200. The molecule has 132 valence electrons. The van der Waals surface area contributed by atoms with Crippen LogP contribution < -0.4 is 11.0 Å². The topological polar surface area (TPSA) is 129 Å². The fraction of sp³-hybridized carbons (Fsp3) is 0.0667. The van der Waals surface area contributed by atoms with Crippen LogP contribution in [0, 0.1) is 0 Å². The summed E-state index contributed by atoms with van der Waals surface area (Å²) in [6, 6.07) is 7.78. The number of aromatic hydroxyl groups is 1. The molecule has 1 aromatic heterocycles. The van der Waals surface area contributed by atoms with E-state index in [1.807, 2.05) is 0 Å². The van der Waals surface area contributed by atoms with Gasteiger partial charge in [-0.1, -0.05) is 11.6 Å². The first-order chi connectivity index (χ1) is 11.8. The molecule has 0 amide bonds. The minimum absolute atomic E-state index is 0.0117. The molecule has 0 fully saturated rings. The Kier molecular flexibility index (Phi) is 4.35. The summed E-state index contributed by atoms with van der Waals surface area (Å²) in [7, 11) is -4.07. The fourth-order valence-corrected chi connectivity index (χ4v) is 4.14. The van der Waals surface area contributed by atoms with E-state index in [1.54, 1.807) is 0 Å². The number of benzene rings is 2. The Bertz CT molecular complexity index is 1060. The first kappa shape index (κ1) is 17.5. The zero-order valence-electron chi connectivity index (χ0n) is 12.7. The van der Waals surface area contributed by atoms with Crippen molar-refractivity contribution in [2.24, 2.45) is 5.73 Å². The number of fused-ring (bicyclic) bond motifs is 1. The Labute approximate surface area is 147 Å². The molecule has 1 heterocycles. The molecule has 0 radical (unpaired) electrons. The van der Waals surface area contributed by atoms with Crippen LogP contribution in [0.25, 0.3) is 10.9 Å². The maximum atomic E-state index is 13.0. The van der Waals surface area contributed by atoms with Crippen LogP contribution in [0.15, 0.2) is 47.5 Å². The lowest BCUT2D eigenvalue weighted by atomic mass is 10.2. The molecule has 3 aromatic rings. The standard InChI is InChI=1S/C15H14ClN3O5S/c16-13-3-2-11(6-15(13)19(21)22)25(23,24)18-8-9(7-17)12-5-10(20)1-4-14(12)18/h1-6,8,20-22H,7,17H2. The van der Waals surface area contributed by atoms with Gasteiger partial charge in [0.1, 0.15) is 11.4 Å². The van der Waals surface area contributed by atoms with Crippen LogP contribution in [0.2, 0.25) is 5.02 Å². The Morgan fingerprint density at radius 1 is 1.16 bits per heavy atom. The molecule has 25 heavy (non-hydrogen) atoms. The molecule has 0 saturated carbocycles. The number of hydrogen-bond donors (Lipinski definition) is 4. The van der Waals surface area contributed by atoms with Gasteiger partial charge in [0.15, 0.2) is 0 Å². The number of halogens is 1. The maximum absolute atomic E-state index is 13.0. The van der Waals surface area contributed by atoms with Gasteiger partial charge in [-0.3, -0.25) is 10.4 Å². The van der Waals surface area contributed by atoms with Crippen molar-refractivity contribution < 1.29 is 23.9 Å². The van der Waals surface area contributed by atoms with Crippen LogP contribution in [-0.4, -0.2) is 27.9 Å². The molecule has 0 aliphatic carbocycles. The Balaban J connectivity index is 2.25. The number of phenols is 1. The molecular formula is C15H14ClN3O5S. The summed E-state index contributed by atoms with van der Waals surface area (Å²) in [6.07, 6.45) is 1.36.